The first kappa shape index (κ1) is 14.8. The number of aromatic nitrogens is 4. The Balaban J connectivity index is 2.21. The Bertz CT molecular complexity index is 540. The highest BCUT2D eigenvalue weighted by Gasteiger charge is 2.18. The molecule has 2 heterocycles. The average molecular weight is 275 g/mol. The third-order valence-corrected chi connectivity index (χ3v) is 3.57. The standard InChI is InChI=1S/C15H25N5/c1-5-7-16-13(14-10-12(3)18-19(14)4)11-15-17-8-9-20(15)6-2/h8-10,13,16H,5-7,11H2,1-4H3. The van der Waals surface area contributed by atoms with Crippen LogP contribution >= 0.6 is 0 Å². The van der Waals surface area contributed by atoms with Gasteiger partial charge < -0.3 is 9.88 Å². The fourth-order valence-electron chi connectivity index (χ4n) is 2.56. The highest BCUT2D eigenvalue weighted by molar-refractivity contribution is 5.15. The molecule has 0 aliphatic heterocycles. The SMILES string of the molecule is CCCNC(Cc1nccn1CC)c1cc(C)nn1C. The number of nitrogens with zero attached hydrogens (tertiary/aromatic N) is 4. The van der Waals surface area contributed by atoms with Gasteiger partial charge in [0.2, 0.25) is 0 Å². The highest BCUT2D eigenvalue weighted by atomic mass is 15.3. The molecule has 1 N–H and O–H groups in total. The van der Waals surface area contributed by atoms with Crippen LogP contribution in [0.15, 0.2) is 18.5 Å². The van der Waals surface area contributed by atoms with Gasteiger partial charge in [0.05, 0.1) is 17.4 Å². The highest BCUT2D eigenvalue weighted by Crippen LogP contribution is 2.18. The summed E-state index contributed by atoms with van der Waals surface area (Å²) in [6.45, 7) is 8.33. The molecule has 0 spiro atoms. The Kier molecular flexibility index (Phi) is 4.95. The van der Waals surface area contributed by atoms with Crippen LogP contribution in [0, 0.1) is 6.92 Å². The van der Waals surface area contributed by atoms with E-state index in [4.69, 9.17) is 0 Å². The lowest BCUT2D eigenvalue weighted by molar-refractivity contribution is 0.476. The molecule has 20 heavy (non-hydrogen) atoms. The number of nitrogens with one attached hydrogen (secondary N) is 1. The molecule has 0 saturated carbocycles. The molecule has 0 bridgehead atoms. The van der Waals surface area contributed by atoms with Crippen LogP contribution in [0.5, 0.6) is 0 Å². The molecule has 0 aromatic carbocycles. The minimum Gasteiger partial charge on any atom is -0.335 e. The summed E-state index contributed by atoms with van der Waals surface area (Å²) >= 11 is 0. The maximum atomic E-state index is 4.49. The van der Waals surface area contributed by atoms with E-state index >= 15 is 0 Å². The Morgan fingerprint density at radius 1 is 1.35 bits per heavy atom. The molecule has 110 valence electrons. The molecular weight excluding hydrogens is 250 g/mol. The van der Waals surface area contributed by atoms with E-state index in [0.29, 0.717) is 0 Å². The maximum absolute atomic E-state index is 4.49. The summed E-state index contributed by atoms with van der Waals surface area (Å²) in [4.78, 5) is 4.49. The molecule has 0 radical (unpaired) electrons. The van der Waals surface area contributed by atoms with Crippen molar-refractivity contribution < 1.29 is 0 Å². The number of hydrogen-bond donors (Lipinski definition) is 1. The van der Waals surface area contributed by atoms with E-state index < -0.39 is 0 Å². The van der Waals surface area contributed by atoms with E-state index in [1.54, 1.807) is 0 Å². The van der Waals surface area contributed by atoms with Crippen molar-refractivity contribution in [1.82, 2.24) is 24.6 Å². The van der Waals surface area contributed by atoms with Gasteiger partial charge in [-0.3, -0.25) is 4.68 Å². The van der Waals surface area contributed by atoms with Gasteiger partial charge in [-0.25, -0.2) is 4.98 Å². The van der Waals surface area contributed by atoms with Crippen molar-refractivity contribution in [2.45, 2.75) is 46.2 Å². The zero-order valence-corrected chi connectivity index (χ0v) is 12.9. The van der Waals surface area contributed by atoms with Crippen LogP contribution in [-0.4, -0.2) is 25.9 Å². The zero-order valence-electron chi connectivity index (χ0n) is 12.9. The van der Waals surface area contributed by atoms with Gasteiger partial charge in [-0.15, -0.1) is 0 Å². The lowest BCUT2D eigenvalue weighted by atomic mass is 10.1. The van der Waals surface area contributed by atoms with Crippen LogP contribution < -0.4 is 5.32 Å². The molecule has 0 amide bonds. The fraction of sp³-hybridized carbons (Fsp3) is 0.600. The lowest BCUT2D eigenvalue weighted by Crippen LogP contribution is -2.27. The molecule has 2 aromatic heterocycles. The molecule has 5 nitrogen and oxygen atoms in total. The maximum Gasteiger partial charge on any atom is 0.110 e. The minimum absolute atomic E-state index is 0.258. The zero-order chi connectivity index (χ0) is 14.5. The van der Waals surface area contributed by atoms with Crippen LogP contribution in [0.25, 0.3) is 0 Å². The van der Waals surface area contributed by atoms with Crippen molar-refractivity contribution in [3.63, 3.8) is 0 Å². The van der Waals surface area contributed by atoms with E-state index in [2.05, 4.69) is 39.9 Å². The number of aryl methyl sites for hydroxylation is 3. The van der Waals surface area contributed by atoms with Gasteiger partial charge in [-0.2, -0.15) is 5.10 Å². The first-order chi connectivity index (χ1) is 9.65. The Morgan fingerprint density at radius 2 is 2.15 bits per heavy atom. The van der Waals surface area contributed by atoms with E-state index in [9.17, 15) is 0 Å². The molecule has 0 aliphatic rings. The van der Waals surface area contributed by atoms with Crippen LogP contribution in [0.4, 0.5) is 0 Å². The fourth-order valence-corrected chi connectivity index (χ4v) is 2.56. The van der Waals surface area contributed by atoms with Gasteiger partial charge >= 0.3 is 0 Å². The van der Waals surface area contributed by atoms with Crippen molar-refractivity contribution in [2.75, 3.05) is 6.54 Å². The van der Waals surface area contributed by atoms with Gasteiger partial charge in [-0.05, 0) is 32.9 Å². The third-order valence-electron chi connectivity index (χ3n) is 3.57. The summed E-state index contributed by atoms with van der Waals surface area (Å²) in [6, 6.07) is 2.42. The monoisotopic (exact) mass is 275 g/mol. The Labute approximate surface area is 121 Å². The third kappa shape index (κ3) is 3.28. The van der Waals surface area contributed by atoms with Crippen molar-refractivity contribution in [3.05, 3.63) is 35.7 Å². The van der Waals surface area contributed by atoms with Crippen molar-refractivity contribution in [1.29, 1.82) is 0 Å². The van der Waals surface area contributed by atoms with Crippen LogP contribution in [-0.2, 0) is 20.0 Å². The van der Waals surface area contributed by atoms with Crippen LogP contribution in [0.3, 0.4) is 0 Å². The predicted molar refractivity (Wildman–Crippen MR) is 80.6 cm³/mol. The molecule has 2 aromatic rings. The lowest BCUT2D eigenvalue weighted by Gasteiger charge is -2.19. The van der Waals surface area contributed by atoms with Crippen LogP contribution in [0.2, 0.25) is 0 Å². The van der Waals surface area contributed by atoms with Crippen molar-refractivity contribution in [3.8, 4) is 0 Å². The summed E-state index contributed by atoms with van der Waals surface area (Å²) < 4.78 is 4.17. The second kappa shape index (κ2) is 6.70. The number of imidazole rings is 1. The second-order valence-corrected chi connectivity index (χ2v) is 5.17. The largest absolute Gasteiger partial charge is 0.335 e. The van der Waals surface area contributed by atoms with E-state index in [1.807, 2.05) is 31.0 Å². The van der Waals surface area contributed by atoms with Gasteiger partial charge in [0, 0.05) is 32.4 Å². The van der Waals surface area contributed by atoms with Crippen molar-refractivity contribution >= 4 is 0 Å². The molecule has 1 unspecified atom stereocenters. The number of rotatable bonds is 7. The molecular formula is C15H25N5. The second-order valence-electron chi connectivity index (χ2n) is 5.17. The van der Waals surface area contributed by atoms with E-state index in [-0.39, 0.29) is 6.04 Å². The quantitative estimate of drug-likeness (QED) is 0.843. The first-order valence-corrected chi connectivity index (χ1v) is 7.39. The minimum atomic E-state index is 0.258. The predicted octanol–water partition coefficient (Wildman–Crippen LogP) is 2.23. The molecule has 2 rings (SSSR count). The molecule has 0 aliphatic carbocycles. The first-order valence-electron chi connectivity index (χ1n) is 7.39. The normalized spacial score (nSPS) is 12.8. The topological polar surface area (TPSA) is 47.7 Å². The van der Waals surface area contributed by atoms with E-state index in [0.717, 1.165) is 37.4 Å². The summed E-state index contributed by atoms with van der Waals surface area (Å²) in [6.07, 6.45) is 5.93. The molecule has 1 atom stereocenters. The summed E-state index contributed by atoms with van der Waals surface area (Å²) in [5.74, 6) is 1.12. The van der Waals surface area contributed by atoms with Gasteiger partial charge in [0.15, 0.2) is 0 Å². The Morgan fingerprint density at radius 3 is 2.75 bits per heavy atom. The van der Waals surface area contributed by atoms with Crippen molar-refractivity contribution in [2.24, 2.45) is 7.05 Å². The van der Waals surface area contributed by atoms with E-state index in [1.165, 1.54) is 5.69 Å². The van der Waals surface area contributed by atoms with Crippen LogP contribution in [0.1, 0.15) is 43.5 Å². The Hall–Kier alpha value is -1.62. The molecule has 0 fully saturated rings. The summed E-state index contributed by atoms with van der Waals surface area (Å²) in [5, 5.41) is 8.08. The number of hydrogen-bond acceptors (Lipinski definition) is 3. The summed E-state index contributed by atoms with van der Waals surface area (Å²) in [5.41, 5.74) is 2.28. The molecule has 0 saturated heterocycles. The van der Waals surface area contributed by atoms with Gasteiger partial charge in [0.25, 0.3) is 0 Å². The molecule has 5 heteroatoms. The van der Waals surface area contributed by atoms with Gasteiger partial charge in [0.1, 0.15) is 5.82 Å². The van der Waals surface area contributed by atoms with Gasteiger partial charge in [-0.1, -0.05) is 6.92 Å². The average Bonchev–Trinajstić information content (AvgIpc) is 3.00. The smallest absolute Gasteiger partial charge is 0.110 e. The summed E-state index contributed by atoms with van der Waals surface area (Å²) in [7, 11) is 2.01.